The summed E-state index contributed by atoms with van der Waals surface area (Å²) in [7, 11) is 4.44. The molecule has 0 aliphatic carbocycles. The van der Waals surface area contributed by atoms with Gasteiger partial charge in [0, 0.05) is 21.6 Å². The van der Waals surface area contributed by atoms with E-state index in [2.05, 4.69) is 11.3 Å². The average Bonchev–Trinajstić information content (AvgIpc) is 3.31. The quantitative estimate of drug-likeness (QED) is 0.309. The Morgan fingerprint density at radius 3 is 2.14 bits per heavy atom. The van der Waals surface area contributed by atoms with Gasteiger partial charge >= 0.3 is 5.97 Å². The summed E-state index contributed by atoms with van der Waals surface area (Å²) in [6.07, 6.45) is 0. The molecule has 0 saturated heterocycles. The minimum Gasteiger partial charge on any atom is -0.493 e. The van der Waals surface area contributed by atoms with Gasteiger partial charge in [0.2, 0.25) is 0 Å². The van der Waals surface area contributed by atoms with Gasteiger partial charge in [0.1, 0.15) is 0 Å². The van der Waals surface area contributed by atoms with Crippen molar-refractivity contribution in [2.45, 2.75) is 0 Å². The lowest BCUT2D eigenvalue weighted by atomic mass is 9.95. The Balaban J connectivity index is 1.99. The second-order valence-corrected chi connectivity index (χ2v) is 7.06. The Morgan fingerprint density at radius 1 is 0.897 bits per heavy atom. The van der Waals surface area contributed by atoms with Gasteiger partial charge < -0.3 is 14.2 Å². The largest absolute Gasteiger partial charge is 0.493 e. The highest BCUT2D eigenvalue weighted by Crippen LogP contribution is 2.42. The van der Waals surface area contributed by atoms with Crippen LogP contribution < -0.4 is 9.47 Å². The number of thiophene rings is 1. The first kappa shape index (κ1) is 20.4. The van der Waals surface area contributed by atoms with Crippen LogP contribution in [0.1, 0.15) is 26.3 Å². The summed E-state index contributed by atoms with van der Waals surface area (Å²) in [5.41, 5.74) is 2.57. The first-order valence-corrected chi connectivity index (χ1v) is 9.60. The highest BCUT2D eigenvalue weighted by molar-refractivity contribution is 7.13. The van der Waals surface area contributed by atoms with Crippen molar-refractivity contribution in [1.29, 1.82) is 0 Å². The number of hydrogen-bond donors (Lipinski definition) is 0. The van der Waals surface area contributed by atoms with Crippen molar-refractivity contribution in [3.05, 3.63) is 77.2 Å². The molecule has 0 bridgehead atoms. The lowest BCUT2D eigenvalue weighted by Crippen LogP contribution is -2.05. The molecule has 2 aromatic carbocycles. The number of ketones is 1. The van der Waals surface area contributed by atoms with Gasteiger partial charge in [-0.1, -0.05) is 24.8 Å². The molecule has 0 radical (unpaired) electrons. The molecule has 6 heteroatoms. The van der Waals surface area contributed by atoms with Gasteiger partial charge in [0.05, 0.1) is 26.9 Å². The second kappa shape index (κ2) is 8.75. The summed E-state index contributed by atoms with van der Waals surface area (Å²) in [5.74, 6) is 0.416. The standard InChI is InChI=1S/C23H20O5S/c1-14(21(24)15-7-9-16(10-8-15)23(25)28-4)17-12-18(20-6-5-11-29-20)22(27-3)19(13-17)26-2/h5-13H,1H2,2-4H3. The number of benzene rings is 2. The summed E-state index contributed by atoms with van der Waals surface area (Å²) < 4.78 is 15.7. The Kier molecular flexibility index (Phi) is 6.14. The SMILES string of the molecule is C=C(C(=O)c1ccc(C(=O)OC)cc1)c1cc(OC)c(OC)c(-c2cccs2)c1. The number of carbonyl (C=O) groups is 2. The molecule has 148 valence electrons. The molecule has 0 aliphatic heterocycles. The van der Waals surface area contributed by atoms with E-state index >= 15 is 0 Å². The maximum atomic E-state index is 13.0. The van der Waals surface area contributed by atoms with E-state index in [9.17, 15) is 9.59 Å². The molecular weight excluding hydrogens is 388 g/mol. The van der Waals surface area contributed by atoms with E-state index < -0.39 is 5.97 Å². The Morgan fingerprint density at radius 2 is 1.59 bits per heavy atom. The van der Waals surface area contributed by atoms with Gasteiger partial charge in [-0.15, -0.1) is 11.3 Å². The molecule has 0 N–H and O–H groups in total. The minimum atomic E-state index is -0.455. The third kappa shape index (κ3) is 4.07. The summed E-state index contributed by atoms with van der Waals surface area (Å²) in [6.45, 7) is 3.99. The van der Waals surface area contributed by atoms with E-state index in [1.54, 1.807) is 55.9 Å². The number of Topliss-reactive ketones (excluding diaryl/α,β-unsaturated/α-hetero) is 1. The summed E-state index contributed by atoms with van der Waals surface area (Å²) in [6, 6.07) is 13.8. The van der Waals surface area contributed by atoms with Gasteiger partial charge in [-0.05, 0) is 41.3 Å². The molecule has 0 aliphatic rings. The van der Waals surface area contributed by atoms with Crippen LogP contribution in [0, 0.1) is 0 Å². The maximum absolute atomic E-state index is 13.0. The van der Waals surface area contributed by atoms with Crippen LogP contribution in [0.15, 0.2) is 60.5 Å². The molecule has 3 aromatic rings. The molecule has 3 rings (SSSR count). The molecule has 1 aromatic heterocycles. The zero-order valence-corrected chi connectivity index (χ0v) is 17.2. The molecular formula is C23H20O5S. The fraction of sp³-hybridized carbons (Fsp3) is 0.130. The van der Waals surface area contributed by atoms with Crippen molar-refractivity contribution in [2.24, 2.45) is 0 Å². The van der Waals surface area contributed by atoms with E-state index in [4.69, 9.17) is 9.47 Å². The van der Waals surface area contributed by atoms with E-state index in [0.717, 1.165) is 10.4 Å². The average molecular weight is 408 g/mol. The zero-order chi connectivity index (χ0) is 21.0. The second-order valence-electron chi connectivity index (χ2n) is 6.11. The number of hydrogen-bond acceptors (Lipinski definition) is 6. The minimum absolute atomic E-state index is 0.245. The van der Waals surface area contributed by atoms with Crippen LogP contribution in [0.3, 0.4) is 0 Å². The zero-order valence-electron chi connectivity index (χ0n) is 16.4. The van der Waals surface area contributed by atoms with Crippen molar-refractivity contribution < 1.29 is 23.8 Å². The summed E-state index contributed by atoms with van der Waals surface area (Å²) in [4.78, 5) is 25.5. The number of ether oxygens (including phenoxy) is 3. The van der Waals surface area contributed by atoms with Crippen LogP contribution in [-0.4, -0.2) is 33.1 Å². The monoisotopic (exact) mass is 408 g/mol. The Bertz CT molecular complexity index is 1050. The normalized spacial score (nSPS) is 10.3. The highest BCUT2D eigenvalue weighted by atomic mass is 32.1. The summed E-state index contributed by atoms with van der Waals surface area (Å²) >= 11 is 1.56. The van der Waals surface area contributed by atoms with E-state index in [1.807, 2.05) is 23.6 Å². The smallest absolute Gasteiger partial charge is 0.337 e. The molecule has 0 unspecified atom stereocenters. The van der Waals surface area contributed by atoms with Crippen molar-refractivity contribution in [3.63, 3.8) is 0 Å². The van der Waals surface area contributed by atoms with Crippen LogP contribution in [0.5, 0.6) is 11.5 Å². The lowest BCUT2D eigenvalue weighted by Gasteiger charge is -2.15. The number of methoxy groups -OCH3 is 3. The van der Waals surface area contributed by atoms with Crippen LogP contribution in [-0.2, 0) is 4.74 Å². The maximum Gasteiger partial charge on any atom is 0.337 e. The third-order valence-corrected chi connectivity index (χ3v) is 5.36. The van der Waals surface area contributed by atoms with Gasteiger partial charge in [-0.3, -0.25) is 4.79 Å². The number of esters is 1. The number of allylic oxidation sites excluding steroid dienone is 1. The van der Waals surface area contributed by atoms with Gasteiger partial charge in [0.15, 0.2) is 17.3 Å². The van der Waals surface area contributed by atoms with E-state index in [1.165, 1.54) is 7.11 Å². The third-order valence-electron chi connectivity index (χ3n) is 4.46. The molecule has 0 atom stereocenters. The molecule has 0 fully saturated rings. The van der Waals surface area contributed by atoms with Crippen molar-refractivity contribution in [2.75, 3.05) is 21.3 Å². The molecule has 0 spiro atoms. The fourth-order valence-corrected chi connectivity index (χ4v) is 3.67. The van der Waals surface area contributed by atoms with Gasteiger partial charge in [-0.25, -0.2) is 4.79 Å². The lowest BCUT2D eigenvalue weighted by molar-refractivity contribution is 0.0600. The Hall–Kier alpha value is -3.38. The molecule has 1 heterocycles. The van der Waals surface area contributed by atoms with Crippen molar-refractivity contribution in [1.82, 2.24) is 0 Å². The fourth-order valence-electron chi connectivity index (χ4n) is 2.93. The van der Waals surface area contributed by atoms with Crippen LogP contribution in [0.25, 0.3) is 16.0 Å². The first-order chi connectivity index (χ1) is 14.0. The van der Waals surface area contributed by atoms with Crippen LogP contribution in [0.2, 0.25) is 0 Å². The molecule has 5 nitrogen and oxygen atoms in total. The van der Waals surface area contributed by atoms with Crippen molar-refractivity contribution >= 4 is 28.7 Å². The number of rotatable bonds is 7. The topological polar surface area (TPSA) is 61.8 Å². The highest BCUT2D eigenvalue weighted by Gasteiger charge is 2.20. The Labute approximate surface area is 173 Å². The van der Waals surface area contributed by atoms with Gasteiger partial charge in [0.25, 0.3) is 0 Å². The number of carbonyl (C=O) groups excluding carboxylic acids is 2. The van der Waals surface area contributed by atoms with Crippen molar-refractivity contribution in [3.8, 4) is 21.9 Å². The van der Waals surface area contributed by atoms with Crippen LogP contribution >= 0.6 is 11.3 Å². The van der Waals surface area contributed by atoms with Crippen LogP contribution in [0.4, 0.5) is 0 Å². The van der Waals surface area contributed by atoms with E-state index in [0.29, 0.717) is 33.8 Å². The first-order valence-electron chi connectivity index (χ1n) is 8.72. The van der Waals surface area contributed by atoms with E-state index in [-0.39, 0.29) is 5.78 Å². The molecule has 29 heavy (non-hydrogen) atoms. The molecule has 0 saturated carbocycles. The summed E-state index contributed by atoms with van der Waals surface area (Å²) in [5, 5.41) is 1.97. The predicted octanol–water partition coefficient (Wildman–Crippen LogP) is 5.12. The molecule has 0 amide bonds. The van der Waals surface area contributed by atoms with Gasteiger partial charge in [-0.2, -0.15) is 0 Å². The predicted molar refractivity (Wildman–Crippen MR) is 114 cm³/mol.